The number of aldehydes is 1. The first kappa shape index (κ1) is 29.1. The van der Waals surface area contributed by atoms with Crippen molar-refractivity contribution in [2.45, 2.75) is 72.7 Å². The van der Waals surface area contributed by atoms with Crippen molar-refractivity contribution in [2.24, 2.45) is 45.8 Å². The van der Waals surface area contributed by atoms with E-state index in [1.807, 2.05) is 27.7 Å². The SMILES string of the molecule is CCO/C=C/COC(=O)N1C[C@H](OCC23CC4C(CC[C@H]4C)[C@@]4(C=O)CC2C=C(C(C)C)C34C(=O)O)O[C@H](C)C1. The fraction of sp³-hybridized carbons (Fsp3) is 0.774. The molecule has 4 bridgehead atoms. The number of nitrogens with zero attached hydrogens (tertiary/aromatic N) is 1. The molecule has 0 radical (unpaired) electrons. The Hall–Kier alpha value is -2.39. The zero-order chi connectivity index (χ0) is 28.9. The van der Waals surface area contributed by atoms with Crippen LogP contribution >= 0.6 is 0 Å². The first-order valence-corrected chi connectivity index (χ1v) is 14.9. The summed E-state index contributed by atoms with van der Waals surface area (Å²) >= 11 is 0. The van der Waals surface area contributed by atoms with Crippen LogP contribution in [-0.4, -0.2) is 73.7 Å². The lowest BCUT2D eigenvalue weighted by Gasteiger charge is -2.58. The number of aliphatic carboxylic acids is 1. The van der Waals surface area contributed by atoms with Gasteiger partial charge in [0.25, 0.3) is 0 Å². The monoisotopic (exact) mass is 559 g/mol. The van der Waals surface area contributed by atoms with Crippen molar-refractivity contribution < 1.29 is 38.4 Å². The third-order valence-corrected chi connectivity index (χ3v) is 10.8. The standard InChI is InChI=1S/C31H45NO8/c1-6-37-10-7-11-38-28(36)32-15-21(5)40-26(16-32)39-18-30-14-23-20(4)8-9-24(23)29(17-33)13-22(30)12-25(19(2)3)31(29,30)27(34)35/h7,10,12,17,19-24,26H,6,8-9,11,13-16,18H2,1-5H3,(H,34,35)/b10-7+/t20-,21-,22?,23?,24?,26-,29+,30?,31?/m1/s1. The minimum Gasteiger partial charge on any atom is -0.502 e. The zero-order valence-corrected chi connectivity index (χ0v) is 24.5. The molecule has 5 rings (SSSR count). The smallest absolute Gasteiger partial charge is 0.410 e. The molecule has 3 saturated carbocycles. The Balaban J connectivity index is 1.40. The molecule has 0 aromatic rings. The zero-order valence-electron chi connectivity index (χ0n) is 24.5. The van der Waals surface area contributed by atoms with E-state index < -0.39 is 34.6 Å². The van der Waals surface area contributed by atoms with Crippen LogP contribution in [0.5, 0.6) is 0 Å². The van der Waals surface area contributed by atoms with Crippen molar-refractivity contribution in [3.05, 3.63) is 24.0 Å². The van der Waals surface area contributed by atoms with Gasteiger partial charge in [0.2, 0.25) is 0 Å². The first-order chi connectivity index (χ1) is 19.1. The minimum atomic E-state index is -1.29. The van der Waals surface area contributed by atoms with Gasteiger partial charge in [-0.05, 0) is 68.8 Å². The van der Waals surface area contributed by atoms with Gasteiger partial charge < -0.3 is 33.7 Å². The molecule has 1 amide bonds. The highest BCUT2D eigenvalue weighted by Crippen LogP contribution is 2.82. The van der Waals surface area contributed by atoms with Crippen LogP contribution in [0.2, 0.25) is 0 Å². The van der Waals surface area contributed by atoms with E-state index in [4.69, 9.17) is 18.9 Å². The Kier molecular flexibility index (Phi) is 7.85. The molecular formula is C31H45NO8. The average molecular weight is 560 g/mol. The fourth-order valence-electron chi connectivity index (χ4n) is 9.44. The summed E-state index contributed by atoms with van der Waals surface area (Å²) in [5.74, 6) is -0.155. The Bertz CT molecular complexity index is 1070. The van der Waals surface area contributed by atoms with E-state index in [1.165, 1.54) is 6.26 Å². The van der Waals surface area contributed by atoms with Gasteiger partial charge in [-0.3, -0.25) is 4.79 Å². The van der Waals surface area contributed by atoms with E-state index in [-0.39, 0.29) is 49.5 Å². The van der Waals surface area contributed by atoms with E-state index in [0.29, 0.717) is 25.5 Å². The van der Waals surface area contributed by atoms with Crippen LogP contribution in [-0.2, 0) is 28.5 Å². The van der Waals surface area contributed by atoms with Crippen molar-refractivity contribution in [2.75, 3.05) is 32.9 Å². The van der Waals surface area contributed by atoms with E-state index in [1.54, 1.807) is 11.0 Å². The molecule has 1 heterocycles. The van der Waals surface area contributed by atoms with E-state index in [0.717, 1.165) is 31.1 Å². The number of morpholine rings is 1. The van der Waals surface area contributed by atoms with Crippen molar-refractivity contribution in [1.82, 2.24) is 4.90 Å². The van der Waals surface area contributed by atoms with Gasteiger partial charge in [0, 0.05) is 5.41 Å². The van der Waals surface area contributed by atoms with Gasteiger partial charge in [0.05, 0.1) is 44.1 Å². The van der Waals surface area contributed by atoms with Gasteiger partial charge >= 0.3 is 12.1 Å². The number of carbonyl (C=O) groups is 3. The summed E-state index contributed by atoms with van der Waals surface area (Å²) < 4.78 is 23.1. The van der Waals surface area contributed by atoms with Crippen LogP contribution in [0.4, 0.5) is 4.79 Å². The molecule has 0 spiro atoms. The lowest BCUT2D eigenvalue weighted by atomic mass is 9.43. The van der Waals surface area contributed by atoms with Gasteiger partial charge in [-0.15, -0.1) is 0 Å². The molecule has 1 N–H and O–H groups in total. The molecule has 4 aliphatic carbocycles. The van der Waals surface area contributed by atoms with Crippen LogP contribution in [0, 0.1) is 45.8 Å². The highest BCUT2D eigenvalue weighted by molar-refractivity contribution is 5.90. The summed E-state index contributed by atoms with van der Waals surface area (Å²) in [6, 6.07) is 0. The number of amides is 1. The van der Waals surface area contributed by atoms with Gasteiger partial charge in [-0.2, -0.15) is 0 Å². The van der Waals surface area contributed by atoms with Gasteiger partial charge in [-0.1, -0.05) is 38.8 Å². The van der Waals surface area contributed by atoms with Crippen LogP contribution < -0.4 is 0 Å². The summed E-state index contributed by atoms with van der Waals surface area (Å²) in [5, 5.41) is 11.1. The molecule has 4 fully saturated rings. The predicted molar refractivity (Wildman–Crippen MR) is 146 cm³/mol. The predicted octanol–water partition coefficient (Wildman–Crippen LogP) is 4.66. The third-order valence-electron chi connectivity index (χ3n) is 10.8. The second-order valence-corrected chi connectivity index (χ2v) is 13.0. The quantitative estimate of drug-likeness (QED) is 0.234. The van der Waals surface area contributed by atoms with Crippen molar-refractivity contribution >= 4 is 18.3 Å². The summed E-state index contributed by atoms with van der Waals surface area (Å²) in [6.45, 7) is 11.4. The fourth-order valence-corrected chi connectivity index (χ4v) is 9.44. The lowest BCUT2D eigenvalue weighted by Crippen LogP contribution is -2.64. The van der Waals surface area contributed by atoms with Crippen LogP contribution in [0.1, 0.15) is 60.3 Å². The molecular weight excluding hydrogens is 514 g/mol. The van der Waals surface area contributed by atoms with Crippen molar-refractivity contribution in [3.8, 4) is 0 Å². The second kappa shape index (κ2) is 10.8. The van der Waals surface area contributed by atoms with E-state index in [2.05, 4.69) is 13.0 Å². The Labute approximate surface area is 237 Å². The Morgan fingerprint density at radius 2 is 2.00 bits per heavy atom. The molecule has 1 saturated heterocycles. The molecule has 1 aliphatic heterocycles. The minimum absolute atomic E-state index is 0.00321. The number of hydrogen-bond donors (Lipinski definition) is 1. The van der Waals surface area contributed by atoms with Gasteiger partial charge in [-0.25, -0.2) is 4.79 Å². The lowest BCUT2D eigenvalue weighted by molar-refractivity contribution is -0.233. The third kappa shape index (κ3) is 4.05. The normalized spacial score (nSPS) is 41.8. The van der Waals surface area contributed by atoms with E-state index in [9.17, 15) is 19.5 Å². The number of fused-ring (bicyclic) bond motifs is 2. The largest absolute Gasteiger partial charge is 0.502 e. The molecule has 0 aromatic carbocycles. The average Bonchev–Trinajstić information content (AvgIpc) is 3.49. The van der Waals surface area contributed by atoms with Crippen molar-refractivity contribution in [3.63, 3.8) is 0 Å². The molecule has 9 atom stereocenters. The maximum Gasteiger partial charge on any atom is 0.410 e. The highest BCUT2D eigenvalue weighted by Gasteiger charge is 2.84. The summed E-state index contributed by atoms with van der Waals surface area (Å²) in [4.78, 5) is 41.1. The molecule has 5 aliphatic rings. The Morgan fingerprint density at radius 1 is 1.23 bits per heavy atom. The summed E-state index contributed by atoms with van der Waals surface area (Å²) in [6.07, 6.45) is 8.07. The highest BCUT2D eigenvalue weighted by atomic mass is 16.7. The van der Waals surface area contributed by atoms with Crippen molar-refractivity contribution in [1.29, 1.82) is 0 Å². The Morgan fingerprint density at radius 3 is 2.67 bits per heavy atom. The molecule has 222 valence electrons. The number of carboxylic acid groups (broad SMARTS) is 1. The number of rotatable bonds is 10. The van der Waals surface area contributed by atoms with Gasteiger partial charge in [0.1, 0.15) is 18.3 Å². The number of carboxylic acids is 1. The van der Waals surface area contributed by atoms with Crippen LogP contribution in [0.3, 0.4) is 0 Å². The van der Waals surface area contributed by atoms with Crippen LogP contribution in [0.15, 0.2) is 24.0 Å². The number of ether oxygens (including phenoxy) is 4. The topological polar surface area (TPSA) is 112 Å². The molecule has 5 unspecified atom stereocenters. The van der Waals surface area contributed by atoms with Crippen LogP contribution in [0.25, 0.3) is 0 Å². The number of allylic oxidation sites excluding steroid dienone is 1. The molecule has 40 heavy (non-hydrogen) atoms. The molecule has 0 aromatic heterocycles. The molecule has 9 nitrogen and oxygen atoms in total. The first-order valence-electron chi connectivity index (χ1n) is 14.9. The number of hydrogen-bond acceptors (Lipinski definition) is 7. The van der Waals surface area contributed by atoms with Gasteiger partial charge in [0.15, 0.2) is 6.29 Å². The maximum absolute atomic E-state index is 13.6. The molecule has 9 heteroatoms. The van der Waals surface area contributed by atoms with E-state index >= 15 is 0 Å². The summed E-state index contributed by atoms with van der Waals surface area (Å²) in [7, 11) is 0. The summed E-state index contributed by atoms with van der Waals surface area (Å²) in [5.41, 5.74) is -2.08. The second-order valence-electron chi connectivity index (χ2n) is 13.0. The number of carbonyl (C=O) groups excluding carboxylic acids is 2. The maximum atomic E-state index is 13.6.